The summed E-state index contributed by atoms with van der Waals surface area (Å²) < 4.78 is 0.571. The Hall–Kier alpha value is -2.43. The molecule has 0 aliphatic carbocycles. The predicted octanol–water partition coefficient (Wildman–Crippen LogP) is 2.98. The minimum atomic E-state index is -0.0546. The summed E-state index contributed by atoms with van der Waals surface area (Å²) in [7, 11) is 0. The number of carbonyl (C=O) groups is 2. The number of amides is 1. The number of rotatable bonds is 5. The van der Waals surface area contributed by atoms with Crippen LogP contribution in [0.2, 0.25) is 4.34 Å². The van der Waals surface area contributed by atoms with Crippen LogP contribution in [0.3, 0.4) is 0 Å². The van der Waals surface area contributed by atoms with Crippen molar-refractivity contribution >= 4 is 40.4 Å². The summed E-state index contributed by atoms with van der Waals surface area (Å²) >= 11 is 7.07. The number of pyridine rings is 1. The van der Waals surface area contributed by atoms with Crippen molar-refractivity contribution in [2.45, 2.75) is 12.8 Å². The van der Waals surface area contributed by atoms with E-state index < -0.39 is 0 Å². The average molecular weight is 389 g/mol. The fraction of sp³-hybridized carbons (Fsp3) is 0.333. The van der Waals surface area contributed by atoms with Crippen LogP contribution in [0.5, 0.6) is 0 Å². The number of nitrogens with zero attached hydrogens (tertiary/aromatic N) is 4. The zero-order valence-corrected chi connectivity index (χ0v) is 15.6. The van der Waals surface area contributed by atoms with Crippen molar-refractivity contribution in [3.63, 3.8) is 0 Å². The van der Waals surface area contributed by atoms with Gasteiger partial charge in [0.15, 0.2) is 5.78 Å². The number of aromatic nitrogens is 1. The number of hydrogen-bond acceptors (Lipinski definition) is 6. The number of ketones is 1. The van der Waals surface area contributed by atoms with Crippen LogP contribution in [-0.4, -0.2) is 47.8 Å². The molecule has 1 amide bonds. The summed E-state index contributed by atoms with van der Waals surface area (Å²) in [6.07, 6.45) is 2.05. The van der Waals surface area contributed by atoms with Crippen LogP contribution in [0.1, 0.15) is 28.1 Å². The fourth-order valence-corrected chi connectivity index (χ4v) is 3.88. The van der Waals surface area contributed by atoms with Crippen molar-refractivity contribution in [3.05, 3.63) is 45.2 Å². The summed E-state index contributed by atoms with van der Waals surface area (Å²) in [6.45, 7) is 2.34. The summed E-state index contributed by atoms with van der Waals surface area (Å²) in [5.74, 6) is 0.579. The minimum absolute atomic E-state index is 0.0258. The lowest BCUT2D eigenvalue weighted by Gasteiger charge is -2.35. The molecule has 1 fully saturated rings. The Morgan fingerprint density at radius 2 is 1.96 bits per heavy atom. The van der Waals surface area contributed by atoms with E-state index in [2.05, 4.69) is 11.1 Å². The van der Waals surface area contributed by atoms with E-state index >= 15 is 0 Å². The molecule has 2 aromatic heterocycles. The van der Waals surface area contributed by atoms with Crippen LogP contribution in [0.25, 0.3) is 0 Å². The third-order valence-corrected chi connectivity index (χ3v) is 5.53. The number of halogens is 1. The van der Waals surface area contributed by atoms with Crippen molar-refractivity contribution in [2.24, 2.45) is 0 Å². The molecule has 1 aliphatic rings. The van der Waals surface area contributed by atoms with E-state index in [1.807, 2.05) is 4.90 Å². The number of piperazine rings is 1. The minimum Gasteiger partial charge on any atom is -0.352 e. The highest BCUT2D eigenvalue weighted by molar-refractivity contribution is 7.18. The van der Waals surface area contributed by atoms with Crippen LogP contribution in [-0.2, 0) is 4.79 Å². The van der Waals surface area contributed by atoms with Gasteiger partial charge in [-0.1, -0.05) is 11.6 Å². The van der Waals surface area contributed by atoms with Crippen molar-refractivity contribution in [3.8, 4) is 6.07 Å². The second-order valence-electron chi connectivity index (χ2n) is 5.88. The molecule has 0 saturated carbocycles. The average Bonchev–Trinajstić information content (AvgIpc) is 3.12. The Balaban J connectivity index is 1.51. The van der Waals surface area contributed by atoms with Crippen molar-refractivity contribution in [1.82, 2.24) is 9.88 Å². The molecule has 0 unspecified atom stereocenters. The zero-order chi connectivity index (χ0) is 18.5. The highest BCUT2D eigenvalue weighted by Crippen LogP contribution is 2.23. The Bertz CT molecular complexity index is 853. The molecule has 26 heavy (non-hydrogen) atoms. The van der Waals surface area contributed by atoms with Crippen molar-refractivity contribution < 1.29 is 9.59 Å². The van der Waals surface area contributed by atoms with Gasteiger partial charge >= 0.3 is 0 Å². The summed E-state index contributed by atoms with van der Waals surface area (Å²) in [6, 6.07) is 9.00. The maximum atomic E-state index is 12.4. The quantitative estimate of drug-likeness (QED) is 0.736. The van der Waals surface area contributed by atoms with Gasteiger partial charge in [0.2, 0.25) is 5.91 Å². The van der Waals surface area contributed by atoms with E-state index in [1.165, 1.54) is 11.3 Å². The van der Waals surface area contributed by atoms with E-state index in [0.717, 1.165) is 0 Å². The highest BCUT2D eigenvalue weighted by atomic mass is 35.5. The van der Waals surface area contributed by atoms with Crippen LogP contribution in [0.15, 0.2) is 30.5 Å². The van der Waals surface area contributed by atoms with Gasteiger partial charge in [-0.25, -0.2) is 4.98 Å². The monoisotopic (exact) mass is 388 g/mol. The van der Waals surface area contributed by atoms with Gasteiger partial charge in [0.05, 0.1) is 14.8 Å². The molecule has 1 aliphatic heterocycles. The van der Waals surface area contributed by atoms with E-state index in [-0.39, 0.29) is 24.5 Å². The number of thiophene rings is 1. The molecule has 0 radical (unpaired) electrons. The third-order valence-electron chi connectivity index (χ3n) is 4.25. The molecule has 0 aromatic carbocycles. The van der Waals surface area contributed by atoms with Crippen LogP contribution >= 0.6 is 22.9 Å². The van der Waals surface area contributed by atoms with Crippen LogP contribution in [0.4, 0.5) is 5.82 Å². The van der Waals surface area contributed by atoms with Crippen LogP contribution < -0.4 is 4.90 Å². The molecule has 0 spiro atoms. The molecule has 0 bridgehead atoms. The molecule has 1 saturated heterocycles. The van der Waals surface area contributed by atoms with Gasteiger partial charge in [0.25, 0.3) is 0 Å². The first-order chi connectivity index (χ1) is 12.6. The maximum Gasteiger partial charge on any atom is 0.223 e. The van der Waals surface area contributed by atoms with Gasteiger partial charge in [-0.2, -0.15) is 5.26 Å². The third kappa shape index (κ3) is 4.21. The molecular weight excluding hydrogens is 372 g/mol. The number of nitriles is 1. The molecule has 0 atom stereocenters. The Morgan fingerprint density at radius 1 is 1.19 bits per heavy atom. The predicted molar refractivity (Wildman–Crippen MR) is 101 cm³/mol. The Kier molecular flexibility index (Phi) is 5.86. The molecule has 8 heteroatoms. The maximum absolute atomic E-state index is 12.4. The van der Waals surface area contributed by atoms with E-state index in [1.54, 1.807) is 35.4 Å². The van der Waals surface area contributed by atoms with Crippen molar-refractivity contribution in [1.29, 1.82) is 5.26 Å². The SMILES string of the molecule is N#Cc1cccnc1N1CCN(C(=O)CCC(=O)c2ccc(Cl)s2)CC1. The van der Waals surface area contributed by atoms with E-state index in [9.17, 15) is 14.9 Å². The lowest BCUT2D eigenvalue weighted by molar-refractivity contribution is -0.131. The molecule has 6 nitrogen and oxygen atoms in total. The first kappa shape index (κ1) is 18.4. The van der Waals surface area contributed by atoms with Gasteiger partial charge in [-0.3, -0.25) is 9.59 Å². The highest BCUT2D eigenvalue weighted by Gasteiger charge is 2.23. The number of carbonyl (C=O) groups excluding carboxylic acids is 2. The first-order valence-corrected chi connectivity index (χ1v) is 9.44. The lowest BCUT2D eigenvalue weighted by atomic mass is 10.1. The summed E-state index contributed by atoms with van der Waals surface area (Å²) in [4.78, 5) is 33.1. The van der Waals surface area contributed by atoms with E-state index in [0.29, 0.717) is 46.8 Å². The summed E-state index contributed by atoms with van der Waals surface area (Å²) in [5.41, 5.74) is 0.535. The first-order valence-electron chi connectivity index (χ1n) is 8.25. The molecule has 2 aromatic rings. The number of anilines is 1. The van der Waals surface area contributed by atoms with Crippen molar-refractivity contribution in [2.75, 3.05) is 31.1 Å². The van der Waals surface area contributed by atoms with Gasteiger partial charge in [0, 0.05) is 45.2 Å². The molecule has 0 N–H and O–H groups in total. The standard InChI is InChI=1S/C18H17ClN4O2S/c19-16-5-4-15(26-16)14(24)3-6-17(25)22-8-10-23(11-9-22)18-13(12-20)2-1-7-21-18/h1-2,4-5,7H,3,6,8-11H2. The Labute approximate surface area is 160 Å². The van der Waals surface area contributed by atoms with Gasteiger partial charge < -0.3 is 9.80 Å². The second-order valence-corrected chi connectivity index (χ2v) is 7.60. The normalized spacial score (nSPS) is 14.2. The van der Waals surface area contributed by atoms with E-state index in [4.69, 9.17) is 11.6 Å². The number of Topliss-reactive ketones (excluding diaryl/α,β-unsaturated/α-hetero) is 1. The second kappa shape index (κ2) is 8.30. The number of hydrogen-bond donors (Lipinski definition) is 0. The van der Waals surface area contributed by atoms with Crippen LogP contribution in [0, 0.1) is 11.3 Å². The molecular formula is C18H17ClN4O2S. The summed E-state index contributed by atoms with van der Waals surface area (Å²) in [5, 5.41) is 9.19. The fourth-order valence-electron chi connectivity index (χ4n) is 2.87. The van der Waals surface area contributed by atoms with Gasteiger partial charge in [0.1, 0.15) is 11.9 Å². The van der Waals surface area contributed by atoms with Gasteiger partial charge in [-0.05, 0) is 24.3 Å². The molecule has 134 valence electrons. The van der Waals surface area contributed by atoms with Gasteiger partial charge in [-0.15, -0.1) is 11.3 Å². The molecule has 3 rings (SSSR count). The lowest BCUT2D eigenvalue weighted by Crippen LogP contribution is -2.49. The zero-order valence-electron chi connectivity index (χ0n) is 14.0. The molecule has 3 heterocycles. The largest absolute Gasteiger partial charge is 0.352 e. The Morgan fingerprint density at radius 3 is 2.62 bits per heavy atom. The smallest absolute Gasteiger partial charge is 0.223 e. The topological polar surface area (TPSA) is 77.3 Å².